The molecule has 2 aromatic rings. The first-order valence-corrected chi connectivity index (χ1v) is 12.9. The van der Waals surface area contributed by atoms with Crippen LogP contribution in [0.3, 0.4) is 0 Å². The van der Waals surface area contributed by atoms with E-state index in [0.29, 0.717) is 30.8 Å². The molecule has 2 N–H and O–H groups in total. The minimum atomic E-state index is -1.11. The number of halogens is 2. The van der Waals surface area contributed by atoms with Gasteiger partial charge in [0.1, 0.15) is 23.4 Å². The predicted molar refractivity (Wildman–Crippen MR) is 137 cm³/mol. The highest BCUT2D eigenvalue weighted by Gasteiger charge is 2.61. The van der Waals surface area contributed by atoms with E-state index in [2.05, 4.69) is 5.32 Å². The number of amidine groups is 1. The second kappa shape index (κ2) is 10.1. The monoisotopic (exact) mass is 510 g/mol. The highest BCUT2D eigenvalue weighted by molar-refractivity contribution is 6.19. The molecule has 2 aromatic carbocycles. The molecule has 5 rings (SSSR count). The average molecular weight is 511 g/mol. The summed E-state index contributed by atoms with van der Waals surface area (Å²) < 4.78 is 29.3. The van der Waals surface area contributed by atoms with Gasteiger partial charge in [0.05, 0.1) is 6.04 Å². The maximum absolute atomic E-state index is 14.9. The lowest BCUT2D eigenvalue weighted by molar-refractivity contribution is 0.0633. The third-order valence-corrected chi connectivity index (χ3v) is 8.21. The standard InChI is InChI=1S/C28H32F2N4O3/c1-18-22(16-19-8-3-2-4-9-19)28(14-15-33(18)27(36)37)25(31-24-13-6-5-12-23(24)30)32-26(35)34(28)21-11-7-10-20(29)17-21/h2-4,7-11,17-18,22-24H,5-6,12-16H2,1H3,(H,36,37)(H,31,32,35)/t18-,22?,23-,24-,28+/m0/s1. The van der Waals surface area contributed by atoms with Crippen molar-refractivity contribution in [3.8, 4) is 0 Å². The Balaban J connectivity index is 1.69. The number of carbonyl (C=O) groups is 2. The number of urea groups is 1. The summed E-state index contributed by atoms with van der Waals surface area (Å²) >= 11 is 0. The summed E-state index contributed by atoms with van der Waals surface area (Å²) in [6.45, 7) is 2.00. The fraction of sp³-hybridized carbons (Fsp3) is 0.464. The van der Waals surface area contributed by atoms with E-state index in [9.17, 15) is 23.5 Å². The van der Waals surface area contributed by atoms with Crippen LogP contribution in [-0.2, 0) is 6.42 Å². The molecule has 37 heavy (non-hydrogen) atoms. The van der Waals surface area contributed by atoms with Gasteiger partial charge in [0.25, 0.3) is 0 Å². The minimum absolute atomic E-state index is 0.158. The number of likely N-dealkylation sites (tertiary alicyclic amines) is 1. The molecule has 3 aliphatic rings. The van der Waals surface area contributed by atoms with Crippen molar-refractivity contribution in [2.24, 2.45) is 10.9 Å². The smallest absolute Gasteiger partial charge is 0.407 e. The number of piperidine rings is 1. The molecule has 1 saturated carbocycles. The number of hydrogen-bond donors (Lipinski definition) is 2. The number of nitrogens with zero attached hydrogens (tertiary/aromatic N) is 3. The van der Waals surface area contributed by atoms with Crippen LogP contribution in [-0.4, -0.2) is 58.3 Å². The Bertz CT molecular complexity index is 1190. The summed E-state index contributed by atoms with van der Waals surface area (Å²) in [5.74, 6) is -0.561. The summed E-state index contributed by atoms with van der Waals surface area (Å²) in [6.07, 6.45) is 1.22. The molecule has 2 aliphatic heterocycles. The van der Waals surface area contributed by atoms with E-state index in [1.807, 2.05) is 37.3 Å². The number of carboxylic acid groups (broad SMARTS) is 1. The maximum Gasteiger partial charge on any atom is 0.407 e. The molecule has 3 fully saturated rings. The zero-order valence-electron chi connectivity index (χ0n) is 20.8. The quantitative estimate of drug-likeness (QED) is 0.577. The molecule has 9 heteroatoms. The Kier molecular flexibility index (Phi) is 6.88. The normalized spacial score (nSPS) is 31.1. The largest absolute Gasteiger partial charge is 0.465 e. The van der Waals surface area contributed by atoms with Crippen LogP contribution in [0, 0.1) is 11.7 Å². The molecule has 0 radical (unpaired) electrons. The lowest BCUT2D eigenvalue weighted by atomic mass is 9.69. The van der Waals surface area contributed by atoms with E-state index in [-0.39, 0.29) is 13.0 Å². The summed E-state index contributed by atoms with van der Waals surface area (Å²) in [5.41, 5.74) is 0.241. The molecule has 0 aromatic heterocycles. The van der Waals surface area contributed by atoms with Crippen molar-refractivity contribution in [1.29, 1.82) is 0 Å². The Morgan fingerprint density at radius 2 is 1.92 bits per heavy atom. The lowest BCUT2D eigenvalue weighted by Crippen LogP contribution is -2.67. The fourth-order valence-electron chi connectivity index (χ4n) is 6.38. The van der Waals surface area contributed by atoms with E-state index < -0.39 is 47.7 Å². The van der Waals surface area contributed by atoms with Crippen molar-refractivity contribution in [3.05, 3.63) is 66.0 Å². The van der Waals surface area contributed by atoms with Gasteiger partial charge in [0, 0.05) is 24.2 Å². The molecule has 3 amide bonds. The third kappa shape index (κ3) is 4.55. The van der Waals surface area contributed by atoms with E-state index in [4.69, 9.17) is 4.99 Å². The average Bonchev–Trinajstić information content (AvgIpc) is 3.14. The van der Waals surface area contributed by atoms with Crippen LogP contribution in [0.1, 0.15) is 44.6 Å². The van der Waals surface area contributed by atoms with Crippen LogP contribution < -0.4 is 10.2 Å². The second-order valence-electron chi connectivity index (χ2n) is 10.3. The van der Waals surface area contributed by atoms with Gasteiger partial charge in [0.15, 0.2) is 0 Å². The summed E-state index contributed by atoms with van der Waals surface area (Å²) in [6, 6.07) is 13.9. The molecule has 2 heterocycles. The highest BCUT2D eigenvalue weighted by atomic mass is 19.1. The second-order valence-corrected chi connectivity index (χ2v) is 10.3. The van der Waals surface area contributed by atoms with Crippen LogP contribution in [0.15, 0.2) is 59.6 Å². The van der Waals surface area contributed by atoms with E-state index >= 15 is 0 Å². The van der Waals surface area contributed by atoms with Crippen LogP contribution in [0.25, 0.3) is 0 Å². The van der Waals surface area contributed by atoms with Gasteiger partial charge in [-0.3, -0.25) is 15.2 Å². The van der Waals surface area contributed by atoms with Crippen LogP contribution >= 0.6 is 0 Å². The van der Waals surface area contributed by atoms with E-state index in [1.165, 1.54) is 21.9 Å². The van der Waals surface area contributed by atoms with Gasteiger partial charge >= 0.3 is 12.1 Å². The van der Waals surface area contributed by atoms with Gasteiger partial charge in [-0.15, -0.1) is 0 Å². The Morgan fingerprint density at radius 1 is 1.16 bits per heavy atom. The molecule has 2 saturated heterocycles. The summed E-state index contributed by atoms with van der Waals surface area (Å²) in [7, 11) is 0. The number of anilines is 1. The Morgan fingerprint density at radius 3 is 2.62 bits per heavy atom. The Labute approximate surface area is 215 Å². The number of nitrogens with one attached hydrogen (secondary N) is 1. The third-order valence-electron chi connectivity index (χ3n) is 8.21. The van der Waals surface area contributed by atoms with Crippen molar-refractivity contribution in [3.63, 3.8) is 0 Å². The van der Waals surface area contributed by atoms with Gasteiger partial charge in [-0.2, -0.15) is 0 Å². The molecular formula is C28H32F2N4O3. The zero-order valence-corrected chi connectivity index (χ0v) is 20.8. The predicted octanol–water partition coefficient (Wildman–Crippen LogP) is 5.40. The zero-order chi connectivity index (χ0) is 26.2. The van der Waals surface area contributed by atoms with Crippen molar-refractivity contribution >= 4 is 23.6 Å². The van der Waals surface area contributed by atoms with Gasteiger partial charge in [0.2, 0.25) is 0 Å². The SMILES string of the molecule is C[C@H]1C(Cc2ccccc2)[C@]2(CCN1C(=O)O)C(=N[C@H]1CCCC[C@@H]1F)NC(=O)N2c1cccc(F)c1. The van der Waals surface area contributed by atoms with Gasteiger partial charge in [-0.25, -0.2) is 18.4 Å². The van der Waals surface area contributed by atoms with Gasteiger partial charge in [-0.05, 0) is 56.4 Å². The van der Waals surface area contributed by atoms with Gasteiger partial charge < -0.3 is 10.0 Å². The van der Waals surface area contributed by atoms with Crippen molar-refractivity contribution in [2.75, 3.05) is 11.4 Å². The van der Waals surface area contributed by atoms with Crippen LogP contribution in [0.4, 0.5) is 24.1 Å². The molecule has 1 unspecified atom stereocenters. The van der Waals surface area contributed by atoms with Crippen molar-refractivity contribution in [2.45, 2.75) is 69.2 Å². The molecule has 196 valence electrons. The fourth-order valence-corrected chi connectivity index (χ4v) is 6.38. The number of amides is 3. The van der Waals surface area contributed by atoms with Crippen molar-refractivity contribution in [1.82, 2.24) is 10.2 Å². The number of benzene rings is 2. The highest BCUT2D eigenvalue weighted by Crippen LogP contribution is 2.46. The van der Waals surface area contributed by atoms with Crippen molar-refractivity contribution < 1.29 is 23.5 Å². The number of hydrogen-bond acceptors (Lipinski definition) is 3. The first kappa shape index (κ1) is 25.2. The minimum Gasteiger partial charge on any atom is -0.465 e. The first-order chi connectivity index (χ1) is 17.8. The molecule has 1 spiro atoms. The molecule has 0 bridgehead atoms. The number of carbonyl (C=O) groups excluding carboxylic acids is 1. The van der Waals surface area contributed by atoms with E-state index in [0.717, 1.165) is 18.4 Å². The maximum atomic E-state index is 14.9. The Hall–Kier alpha value is -3.49. The van der Waals surface area contributed by atoms with Crippen LogP contribution in [0.5, 0.6) is 0 Å². The van der Waals surface area contributed by atoms with E-state index in [1.54, 1.807) is 12.1 Å². The topological polar surface area (TPSA) is 85.2 Å². The lowest BCUT2D eigenvalue weighted by Gasteiger charge is -2.52. The summed E-state index contributed by atoms with van der Waals surface area (Å²) in [5, 5.41) is 12.9. The summed E-state index contributed by atoms with van der Waals surface area (Å²) in [4.78, 5) is 33.5. The molecule has 5 atom stereocenters. The number of aliphatic imine (C=N–C) groups is 1. The number of rotatable bonds is 4. The molecular weight excluding hydrogens is 478 g/mol. The number of alkyl halides is 1. The molecule has 7 nitrogen and oxygen atoms in total. The van der Waals surface area contributed by atoms with Gasteiger partial charge in [-0.1, -0.05) is 49.2 Å². The first-order valence-electron chi connectivity index (χ1n) is 12.9. The van der Waals surface area contributed by atoms with Crippen LogP contribution in [0.2, 0.25) is 0 Å². The molecule has 1 aliphatic carbocycles.